The zero-order valence-electron chi connectivity index (χ0n) is 63.5. The van der Waals surface area contributed by atoms with Crippen LogP contribution in [0.4, 0.5) is 0 Å². The minimum Gasteiger partial charge on any atom is -0.309 e. The van der Waals surface area contributed by atoms with Gasteiger partial charge in [-0.05, 0) is 106 Å². The van der Waals surface area contributed by atoms with Crippen molar-refractivity contribution < 1.29 is 9.13 Å². The van der Waals surface area contributed by atoms with E-state index < -0.39 is 14.3 Å². The summed E-state index contributed by atoms with van der Waals surface area (Å²) in [4.78, 5) is 14.1. The molecule has 0 bridgehead atoms. The summed E-state index contributed by atoms with van der Waals surface area (Å²) in [6, 6.07) is 145. The smallest absolute Gasteiger partial charge is 0.171 e. The second-order valence-corrected chi connectivity index (χ2v) is 38.3. The Bertz CT molecular complexity index is 8090. The fourth-order valence-electron chi connectivity index (χ4n) is 17.4. The number of hydrogen-bond acceptors (Lipinski definition) is 7. The van der Waals surface area contributed by atoms with Gasteiger partial charge in [-0.3, -0.25) is 13.2 Å². The molecule has 1 unspecified atom stereocenters. The number of nitrogens with zero attached hydrogens (tertiary/aromatic N) is 5. The van der Waals surface area contributed by atoms with E-state index in [1.165, 1.54) is 100 Å². The van der Waals surface area contributed by atoms with Crippen molar-refractivity contribution in [2.45, 2.75) is 0 Å². The molecule has 0 saturated heterocycles. The van der Waals surface area contributed by atoms with E-state index in [4.69, 9.17) is 9.97 Å². The van der Waals surface area contributed by atoms with Crippen LogP contribution >= 0.6 is 48.3 Å². The number of pyridine rings is 2. The molecule has 0 spiro atoms. The second kappa shape index (κ2) is 29.3. The van der Waals surface area contributed by atoms with Gasteiger partial charge in [-0.1, -0.05) is 340 Å². The Hall–Kier alpha value is -13.7. The summed E-state index contributed by atoms with van der Waals surface area (Å²) in [6.45, 7) is 0. The van der Waals surface area contributed by atoms with Crippen LogP contribution in [0.1, 0.15) is 0 Å². The first-order valence-corrected chi connectivity index (χ1v) is 45.3. The van der Waals surface area contributed by atoms with E-state index in [0.717, 1.165) is 98.0 Å². The number of benzene rings is 16. The first-order chi connectivity index (χ1) is 58.3. The third-order valence-electron chi connectivity index (χ3n) is 23.0. The van der Waals surface area contributed by atoms with Crippen LogP contribution in [-0.4, -0.2) is 23.2 Å². The largest absolute Gasteiger partial charge is 0.309 e. The van der Waals surface area contributed by atoms with Crippen molar-refractivity contribution in [3.63, 3.8) is 0 Å². The lowest BCUT2D eigenvalue weighted by Gasteiger charge is -2.21. The topological polar surface area (TPSA) is 73.1 Å². The SMILES string of the molecule is O=P(c1ccccc1)(c1ccc(-c2c3ccccc3n3c2sc2ccccc23)cc1)c1ccc2ccccc2c1.O=P(c1ccccc1)(c1ccccc1)c1ccc(-c2c3ccccc3n3c2sc2ccccc23)cc1.c1ccc(-c2ccc3ccc4ccc(-c5cccc(-c6c7ccccc7n7c6sc6ccccc67)c5)nc4c3n2)cc1. The molecule has 16 aromatic carbocycles. The normalized spacial score (nSPS) is 12.4. The lowest BCUT2D eigenvalue weighted by molar-refractivity contribution is 0.591. The molecule has 0 N–H and O–H groups in total. The monoisotopic (exact) mass is 1600 g/mol. The summed E-state index contributed by atoms with van der Waals surface area (Å²) in [5.41, 5.74) is 20.5. The van der Waals surface area contributed by atoms with E-state index in [-0.39, 0.29) is 0 Å². The van der Waals surface area contributed by atoms with Crippen LogP contribution in [0.15, 0.2) is 419 Å². The number of aromatic nitrogens is 5. The highest BCUT2D eigenvalue weighted by Gasteiger charge is 2.33. The van der Waals surface area contributed by atoms with E-state index in [1.807, 2.05) is 149 Å². The molecule has 12 heteroatoms. The van der Waals surface area contributed by atoms with Gasteiger partial charge in [0.25, 0.3) is 0 Å². The number of thiazole rings is 3. The van der Waals surface area contributed by atoms with E-state index in [0.29, 0.717) is 0 Å². The van der Waals surface area contributed by atoms with Crippen LogP contribution in [0, 0.1) is 0 Å². The van der Waals surface area contributed by atoms with Crippen LogP contribution in [0.2, 0.25) is 0 Å². The van der Waals surface area contributed by atoms with E-state index in [2.05, 4.69) is 317 Å². The minimum absolute atomic E-state index is 0.842. The number of fused-ring (bicyclic) bond motifs is 19. The highest BCUT2D eigenvalue weighted by molar-refractivity contribution is 7.85. The standard InChI is InChI=1S/C38H23N3S.C36H24NOPS.C32H22NOPS/c1-2-9-24(10-3-1)30-21-19-25-17-18-26-20-22-31(40-37(26)36(25)39-30)27-11-8-12-28(23-27)35-29-13-4-5-14-32(29)41-33-15-6-7-16-34(33)42-38(35)41;38-39(28-12-2-1-3-13-28,30-23-18-25-10-4-5-11-27(25)24-30)29-21-19-26(20-22-29)35-31-14-6-7-15-32(31)37-33-16-8-9-17-34(33)40-36(35)37;34-35(24-11-3-1-4-12-24,25-13-5-2-6-14-25)26-21-19-23(20-22-26)31-27-15-7-8-16-28(27)33-29-17-9-10-18-30(29)36-32(31)33/h1-23H;1-24H;1-22H. The average Bonchev–Trinajstić information content (AvgIpc) is 1.61. The van der Waals surface area contributed by atoms with Crippen LogP contribution in [-0.2, 0) is 9.13 Å². The molecular weight excluding hydrogens is 1530 g/mol. The van der Waals surface area contributed by atoms with E-state index >= 15 is 4.57 Å². The molecule has 0 amide bonds. The van der Waals surface area contributed by atoms with Gasteiger partial charge < -0.3 is 9.13 Å². The highest BCUT2D eigenvalue weighted by atomic mass is 32.1. The van der Waals surface area contributed by atoms with Gasteiger partial charge in [0.05, 0.1) is 69.6 Å². The van der Waals surface area contributed by atoms with Gasteiger partial charge in [0.2, 0.25) is 0 Å². The molecule has 8 aromatic heterocycles. The van der Waals surface area contributed by atoms with Crippen molar-refractivity contribution in [3.8, 4) is 55.9 Å². The number of para-hydroxylation sites is 6. The van der Waals surface area contributed by atoms with Crippen molar-refractivity contribution in [1.82, 2.24) is 23.2 Å². The molecule has 0 aliphatic rings. The van der Waals surface area contributed by atoms with Crippen LogP contribution in [0.3, 0.4) is 0 Å². The third kappa shape index (κ3) is 11.9. The van der Waals surface area contributed by atoms with Crippen molar-refractivity contribution in [2.75, 3.05) is 0 Å². The maximum atomic E-state index is 15.2. The van der Waals surface area contributed by atoms with Gasteiger partial charge >= 0.3 is 0 Å². The van der Waals surface area contributed by atoms with Gasteiger partial charge in [-0.15, -0.1) is 34.0 Å². The lowest BCUT2D eigenvalue weighted by atomic mass is 10.0. The fourth-order valence-corrected chi connectivity index (χ4v) is 26.4. The lowest BCUT2D eigenvalue weighted by Crippen LogP contribution is -2.25. The van der Waals surface area contributed by atoms with E-state index in [1.54, 1.807) is 0 Å². The molecule has 558 valence electrons. The van der Waals surface area contributed by atoms with E-state index in [9.17, 15) is 4.57 Å². The predicted octanol–water partition coefficient (Wildman–Crippen LogP) is 26.8. The van der Waals surface area contributed by atoms with Crippen molar-refractivity contribution in [2.24, 2.45) is 0 Å². The maximum Gasteiger partial charge on any atom is 0.171 e. The highest BCUT2D eigenvalue weighted by Crippen LogP contribution is 2.49. The quantitative estimate of drug-likeness (QED) is 0.0955. The van der Waals surface area contributed by atoms with Crippen molar-refractivity contribution in [1.29, 1.82) is 0 Å². The second-order valence-electron chi connectivity index (χ2n) is 29.7. The zero-order chi connectivity index (χ0) is 78.4. The molecule has 24 rings (SSSR count). The minimum atomic E-state index is -3.10. The Morgan fingerprint density at radius 2 is 0.517 bits per heavy atom. The Kier molecular flexibility index (Phi) is 17.6. The van der Waals surface area contributed by atoms with Gasteiger partial charge in [0.15, 0.2) is 14.3 Å². The van der Waals surface area contributed by atoms with Crippen LogP contribution in [0.5, 0.6) is 0 Å². The molecule has 0 radical (unpaired) electrons. The van der Waals surface area contributed by atoms with Gasteiger partial charge in [0, 0.05) is 86.6 Å². The van der Waals surface area contributed by atoms with Crippen molar-refractivity contribution in [3.05, 3.63) is 419 Å². The molecular formula is C106H69N5O2P2S3. The third-order valence-corrected chi connectivity index (χ3v) is 32.5. The Morgan fingerprint density at radius 3 is 0.958 bits per heavy atom. The number of hydrogen-bond donors (Lipinski definition) is 0. The number of rotatable bonds is 11. The zero-order valence-corrected chi connectivity index (χ0v) is 67.7. The maximum absolute atomic E-state index is 15.2. The van der Waals surface area contributed by atoms with Crippen molar-refractivity contribution >= 4 is 191 Å². The first kappa shape index (κ1) is 70.9. The molecule has 7 nitrogen and oxygen atoms in total. The van der Waals surface area contributed by atoms with Gasteiger partial charge in [0.1, 0.15) is 14.5 Å². The fraction of sp³-hybridized carbons (Fsp3) is 0. The molecule has 8 heterocycles. The van der Waals surface area contributed by atoms with Gasteiger partial charge in [-0.25, -0.2) is 9.97 Å². The molecule has 0 fully saturated rings. The predicted molar refractivity (Wildman–Crippen MR) is 505 cm³/mol. The van der Waals surface area contributed by atoms with Crippen LogP contribution < -0.4 is 31.8 Å². The summed E-state index contributed by atoms with van der Waals surface area (Å²) in [5, 5.41) is 13.2. The summed E-state index contributed by atoms with van der Waals surface area (Å²) in [7, 11) is -6.10. The summed E-state index contributed by atoms with van der Waals surface area (Å²) >= 11 is 5.49. The molecule has 0 aliphatic heterocycles. The summed E-state index contributed by atoms with van der Waals surface area (Å²) < 4.78 is 41.0. The first-order valence-electron chi connectivity index (χ1n) is 39.5. The Morgan fingerprint density at radius 1 is 0.212 bits per heavy atom. The molecule has 0 aliphatic carbocycles. The molecule has 118 heavy (non-hydrogen) atoms. The molecule has 24 aromatic rings. The molecule has 0 saturated carbocycles. The summed E-state index contributed by atoms with van der Waals surface area (Å²) in [5.74, 6) is 0. The molecule has 1 atom stereocenters. The summed E-state index contributed by atoms with van der Waals surface area (Å²) in [6.07, 6.45) is 0. The van der Waals surface area contributed by atoms with Crippen LogP contribution in [0.25, 0.3) is 166 Å². The Labute approximate surface area is 692 Å². The average molecular weight is 1600 g/mol. The Balaban J connectivity index is 0.000000107. The van der Waals surface area contributed by atoms with Gasteiger partial charge in [-0.2, -0.15) is 0 Å².